The van der Waals surface area contributed by atoms with Crippen molar-refractivity contribution >= 4 is 17.7 Å². The zero-order valence-electron chi connectivity index (χ0n) is 10.3. The van der Waals surface area contributed by atoms with Crippen LogP contribution in [-0.4, -0.2) is 45.8 Å². The quantitative estimate of drug-likeness (QED) is 0.711. The number of carbonyl (C=O) groups excluding carboxylic acids is 3. The fraction of sp³-hybridized carbons (Fsp3) is 0.333. The number of amides is 3. The number of rotatable bonds is 2. The van der Waals surface area contributed by atoms with E-state index in [0.717, 1.165) is 4.90 Å². The zero-order chi connectivity index (χ0) is 14.0. The lowest BCUT2D eigenvalue weighted by Crippen LogP contribution is -2.53. The maximum Gasteiger partial charge on any atom is 0.274 e. The highest BCUT2D eigenvalue weighted by molar-refractivity contribution is 6.03. The Bertz CT molecular complexity index is 544. The first-order valence-electron chi connectivity index (χ1n) is 5.76. The van der Waals surface area contributed by atoms with E-state index in [9.17, 15) is 19.5 Å². The second-order valence-corrected chi connectivity index (χ2v) is 4.23. The van der Waals surface area contributed by atoms with Crippen LogP contribution in [0.1, 0.15) is 23.3 Å². The topological polar surface area (TPSA) is 99.6 Å². The van der Waals surface area contributed by atoms with E-state index in [-0.39, 0.29) is 30.2 Å². The number of nitrogens with one attached hydrogen (secondary N) is 1. The van der Waals surface area contributed by atoms with E-state index in [4.69, 9.17) is 0 Å². The Labute approximate surface area is 109 Å². The molecule has 1 aromatic heterocycles. The van der Waals surface area contributed by atoms with E-state index in [0.29, 0.717) is 0 Å². The summed E-state index contributed by atoms with van der Waals surface area (Å²) in [4.78, 5) is 39.7. The molecule has 2 heterocycles. The van der Waals surface area contributed by atoms with Gasteiger partial charge < -0.3 is 10.4 Å². The summed E-state index contributed by atoms with van der Waals surface area (Å²) in [7, 11) is 1.38. The first-order chi connectivity index (χ1) is 9.00. The Balaban J connectivity index is 2.10. The van der Waals surface area contributed by atoms with E-state index < -0.39 is 17.9 Å². The minimum absolute atomic E-state index is 0.144. The summed E-state index contributed by atoms with van der Waals surface area (Å²) in [5.41, 5.74) is -0.144. The van der Waals surface area contributed by atoms with Crippen molar-refractivity contribution in [3.8, 4) is 5.75 Å². The number of piperidine rings is 1. The Kier molecular flexibility index (Phi) is 3.46. The summed E-state index contributed by atoms with van der Waals surface area (Å²) in [6.45, 7) is 0. The molecule has 3 amide bonds. The summed E-state index contributed by atoms with van der Waals surface area (Å²) in [5, 5.41) is 12.0. The fourth-order valence-electron chi connectivity index (χ4n) is 1.85. The second kappa shape index (κ2) is 5.05. The number of pyridine rings is 1. The fourth-order valence-corrected chi connectivity index (χ4v) is 1.85. The van der Waals surface area contributed by atoms with Crippen LogP contribution in [0.2, 0.25) is 0 Å². The molecule has 2 N–H and O–H groups in total. The van der Waals surface area contributed by atoms with Crippen molar-refractivity contribution < 1.29 is 19.5 Å². The molecular formula is C12H13N3O4. The molecule has 1 fully saturated rings. The SMILES string of the molecule is CN1C(=O)CCC(NC(=O)c2ncccc2O)C1=O. The number of aromatic hydroxyl groups is 1. The smallest absolute Gasteiger partial charge is 0.274 e. The average molecular weight is 263 g/mol. The number of hydrogen-bond donors (Lipinski definition) is 2. The van der Waals surface area contributed by atoms with E-state index in [1.165, 1.54) is 25.4 Å². The molecule has 19 heavy (non-hydrogen) atoms. The van der Waals surface area contributed by atoms with E-state index >= 15 is 0 Å². The van der Waals surface area contributed by atoms with Gasteiger partial charge in [-0.1, -0.05) is 0 Å². The summed E-state index contributed by atoms with van der Waals surface area (Å²) in [6, 6.07) is 2.06. The van der Waals surface area contributed by atoms with Crippen LogP contribution in [0.5, 0.6) is 5.75 Å². The number of carbonyl (C=O) groups is 3. The van der Waals surface area contributed by atoms with Crippen molar-refractivity contribution in [3.63, 3.8) is 0 Å². The third kappa shape index (κ3) is 2.54. The summed E-state index contributed by atoms with van der Waals surface area (Å²) < 4.78 is 0. The van der Waals surface area contributed by atoms with E-state index in [1.807, 2.05) is 0 Å². The van der Waals surface area contributed by atoms with Crippen molar-refractivity contribution in [1.29, 1.82) is 0 Å². The van der Waals surface area contributed by atoms with E-state index in [2.05, 4.69) is 10.3 Å². The largest absolute Gasteiger partial charge is 0.505 e. The van der Waals surface area contributed by atoms with Gasteiger partial charge in [0.1, 0.15) is 11.8 Å². The lowest BCUT2D eigenvalue weighted by molar-refractivity contribution is -0.147. The lowest BCUT2D eigenvalue weighted by atomic mass is 10.0. The number of nitrogens with zero attached hydrogens (tertiary/aromatic N) is 2. The molecule has 1 aromatic rings. The van der Waals surface area contributed by atoms with E-state index in [1.54, 1.807) is 0 Å². The maximum absolute atomic E-state index is 11.9. The molecule has 1 aliphatic heterocycles. The van der Waals surface area contributed by atoms with Gasteiger partial charge in [0, 0.05) is 19.7 Å². The third-order valence-electron chi connectivity index (χ3n) is 2.96. The summed E-state index contributed by atoms with van der Waals surface area (Å²) in [6.07, 6.45) is 1.82. The molecule has 2 rings (SSSR count). The molecule has 0 aliphatic carbocycles. The Morgan fingerprint density at radius 3 is 2.95 bits per heavy atom. The first-order valence-corrected chi connectivity index (χ1v) is 5.76. The number of likely N-dealkylation sites (tertiary alicyclic amines) is 1. The standard InChI is InChI=1S/C12H13N3O4/c1-15-9(17)5-4-7(12(15)19)14-11(18)10-8(16)3-2-6-13-10/h2-3,6-7,16H,4-5H2,1H3,(H,14,18). The Morgan fingerprint density at radius 1 is 1.53 bits per heavy atom. The average Bonchev–Trinajstić information content (AvgIpc) is 2.40. The van der Waals surface area contributed by atoms with Crippen molar-refractivity contribution in [3.05, 3.63) is 24.0 Å². The number of aromatic nitrogens is 1. The van der Waals surface area contributed by atoms with Crippen LogP contribution in [0, 0.1) is 0 Å². The zero-order valence-corrected chi connectivity index (χ0v) is 10.3. The van der Waals surface area contributed by atoms with Gasteiger partial charge in [-0.15, -0.1) is 0 Å². The number of imide groups is 1. The predicted molar refractivity (Wildman–Crippen MR) is 64.2 cm³/mol. The molecular weight excluding hydrogens is 250 g/mol. The van der Waals surface area contributed by atoms with Crippen molar-refractivity contribution in [2.75, 3.05) is 7.05 Å². The molecule has 7 heteroatoms. The van der Waals surface area contributed by atoms with Gasteiger partial charge in [-0.05, 0) is 18.6 Å². The van der Waals surface area contributed by atoms with Gasteiger partial charge in [-0.3, -0.25) is 19.3 Å². The minimum atomic E-state index is -0.767. The third-order valence-corrected chi connectivity index (χ3v) is 2.96. The second-order valence-electron chi connectivity index (χ2n) is 4.23. The van der Waals surface area contributed by atoms with Gasteiger partial charge in [-0.2, -0.15) is 0 Å². The van der Waals surface area contributed by atoms with Gasteiger partial charge in [0.05, 0.1) is 0 Å². The molecule has 7 nitrogen and oxygen atoms in total. The molecule has 0 spiro atoms. The Hall–Kier alpha value is -2.44. The number of likely N-dealkylation sites (N-methyl/N-ethyl adjacent to an activating group) is 1. The van der Waals surface area contributed by atoms with Crippen LogP contribution in [0.15, 0.2) is 18.3 Å². The van der Waals surface area contributed by atoms with Crippen LogP contribution in [-0.2, 0) is 9.59 Å². The maximum atomic E-state index is 11.9. The molecule has 1 aliphatic rings. The molecule has 0 aromatic carbocycles. The van der Waals surface area contributed by atoms with Gasteiger partial charge >= 0.3 is 0 Å². The lowest BCUT2D eigenvalue weighted by Gasteiger charge is -2.28. The van der Waals surface area contributed by atoms with Crippen molar-refractivity contribution in [1.82, 2.24) is 15.2 Å². The van der Waals surface area contributed by atoms with Crippen molar-refractivity contribution in [2.24, 2.45) is 0 Å². The van der Waals surface area contributed by atoms with Crippen LogP contribution >= 0.6 is 0 Å². The molecule has 1 atom stereocenters. The highest BCUT2D eigenvalue weighted by Crippen LogP contribution is 2.15. The van der Waals surface area contributed by atoms with Gasteiger partial charge in [-0.25, -0.2) is 4.98 Å². The predicted octanol–water partition coefficient (Wildman–Crippen LogP) is -0.336. The van der Waals surface area contributed by atoms with Crippen molar-refractivity contribution in [2.45, 2.75) is 18.9 Å². The molecule has 1 saturated heterocycles. The monoisotopic (exact) mass is 263 g/mol. The highest BCUT2D eigenvalue weighted by atomic mass is 16.3. The molecule has 100 valence electrons. The summed E-state index contributed by atoms with van der Waals surface area (Å²) in [5.74, 6) is -1.62. The molecule has 0 radical (unpaired) electrons. The molecule has 0 saturated carbocycles. The molecule has 0 bridgehead atoms. The number of hydrogen-bond acceptors (Lipinski definition) is 5. The summed E-state index contributed by atoms with van der Waals surface area (Å²) >= 11 is 0. The van der Waals surface area contributed by atoms with Gasteiger partial charge in [0.25, 0.3) is 11.8 Å². The minimum Gasteiger partial charge on any atom is -0.505 e. The van der Waals surface area contributed by atoms with Gasteiger partial charge in [0.15, 0.2) is 5.69 Å². The van der Waals surface area contributed by atoms with Crippen LogP contribution in [0.4, 0.5) is 0 Å². The first kappa shape index (κ1) is 13.0. The van der Waals surface area contributed by atoms with Gasteiger partial charge in [0.2, 0.25) is 5.91 Å². The van der Waals surface area contributed by atoms with Crippen LogP contribution in [0.3, 0.4) is 0 Å². The molecule has 1 unspecified atom stereocenters. The van der Waals surface area contributed by atoms with Crippen LogP contribution in [0.25, 0.3) is 0 Å². The van der Waals surface area contributed by atoms with Crippen LogP contribution < -0.4 is 5.32 Å². The highest BCUT2D eigenvalue weighted by Gasteiger charge is 2.33. The normalized spacial score (nSPS) is 19.4. The Morgan fingerprint density at radius 2 is 2.26 bits per heavy atom.